The standard InChI is InChI=1S/C23H25N3O/c27-22(23(12-13-24-17-23)25-14-3-4-15-25)19-7-9-20(10-8-19)26-16-11-18-5-1-2-6-21(18)26/h1-2,5-11,16,24H,3-4,12-15,17H2. The third-order valence-corrected chi connectivity index (χ3v) is 6.27. The first-order valence-electron chi connectivity index (χ1n) is 9.95. The van der Waals surface area contributed by atoms with E-state index in [-0.39, 0.29) is 11.3 Å². The second kappa shape index (κ2) is 6.63. The molecule has 1 N–H and O–H groups in total. The molecule has 0 amide bonds. The van der Waals surface area contributed by atoms with Gasteiger partial charge in [0.15, 0.2) is 5.78 Å². The van der Waals surface area contributed by atoms with Crippen molar-refractivity contribution in [1.82, 2.24) is 14.8 Å². The minimum Gasteiger partial charge on any atom is -0.317 e. The third kappa shape index (κ3) is 2.71. The molecule has 2 aliphatic rings. The molecule has 27 heavy (non-hydrogen) atoms. The number of likely N-dealkylation sites (tertiary alicyclic amines) is 1. The van der Waals surface area contributed by atoms with E-state index in [1.165, 1.54) is 23.7 Å². The minimum absolute atomic E-state index is 0.276. The summed E-state index contributed by atoms with van der Waals surface area (Å²) in [7, 11) is 0. The van der Waals surface area contributed by atoms with Gasteiger partial charge in [0, 0.05) is 24.0 Å². The monoisotopic (exact) mass is 359 g/mol. The fraction of sp³-hybridized carbons (Fsp3) is 0.348. The van der Waals surface area contributed by atoms with Crippen LogP contribution in [0.5, 0.6) is 0 Å². The van der Waals surface area contributed by atoms with E-state index < -0.39 is 0 Å². The number of carbonyl (C=O) groups is 1. The first kappa shape index (κ1) is 16.7. The number of hydrogen-bond acceptors (Lipinski definition) is 3. The Labute approximate surface area is 159 Å². The van der Waals surface area contributed by atoms with Crippen LogP contribution in [0.15, 0.2) is 60.8 Å². The quantitative estimate of drug-likeness (QED) is 0.723. The molecular weight excluding hydrogens is 334 g/mol. The van der Waals surface area contributed by atoms with Crippen molar-refractivity contribution in [3.8, 4) is 5.69 Å². The zero-order valence-electron chi connectivity index (χ0n) is 15.5. The number of benzene rings is 2. The highest BCUT2D eigenvalue weighted by Gasteiger charge is 2.47. The van der Waals surface area contributed by atoms with Crippen molar-refractivity contribution in [3.05, 3.63) is 66.4 Å². The van der Waals surface area contributed by atoms with E-state index in [9.17, 15) is 4.79 Å². The Morgan fingerprint density at radius 1 is 0.963 bits per heavy atom. The molecule has 4 heteroatoms. The van der Waals surface area contributed by atoms with Crippen LogP contribution < -0.4 is 5.32 Å². The molecular formula is C23H25N3O. The lowest BCUT2D eigenvalue weighted by Crippen LogP contribution is -2.55. The molecule has 2 aromatic carbocycles. The Bertz CT molecular complexity index is 961. The van der Waals surface area contributed by atoms with Crippen LogP contribution in [-0.4, -0.2) is 47.0 Å². The van der Waals surface area contributed by atoms with Crippen LogP contribution in [-0.2, 0) is 0 Å². The summed E-state index contributed by atoms with van der Waals surface area (Å²) in [5.74, 6) is 0.276. The van der Waals surface area contributed by atoms with Gasteiger partial charge in [-0.15, -0.1) is 0 Å². The van der Waals surface area contributed by atoms with Crippen molar-refractivity contribution in [2.75, 3.05) is 26.2 Å². The van der Waals surface area contributed by atoms with Crippen molar-refractivity contribution in [1.29, 1.82) is 0 Å². The molecule has 1 unspecified atom stereocenters. The summed E-state index contributed by atoms with van der Waals surface area (Å²) in [6.07, 6.45) is 5.41. The Kier molecular flexibility index (Phi) is 4.10. The number of aromatic nitrogens is 1. The summed E-state index contributed by atoms with van der Waals surface area (Å²) in [6, 6.07) is 18.6. The maximum Gasteiger partial charge on any atom is 0.184 e. The maximum absolute atomic E-state index is 13.5. The molecule has 0 aliphatic carbocycles. The summed E-state index contributed by atoms with van der Waals surface area (Å²) >= 11 is 0. The van der Waals surface area contributed by atoms with Gasteiger partial charge in [0.1, 0.15) is 0 Å². The molecule has 0 bridgehead atoms. The predicted octanol–water partition coefficient (Wildman–Crippen LogP) is 3.64. The Hall–Kier alpha value is -2.43. The number of carbonyl (C=O) groups excluding carboxylic acids is 1. The SMILES string of the molecule is O=C(c1ccc(-n2ccc3ccccc32)cc1)C1(N2CCCC2)CCNC1. The van der Waals surface area contributed by atoms with Gasteiger partial charge >= 0.3 is 0 Å². The number of nitrogens with one attached hydrogen (secondary N) is 1. The number of fused-ring (bicyclic) bond motifs is 1. The maximum atomic E-state index is 13.5. The Morgan fingerprint density at radius 3 is 2.48 bits per heavy atom. The van der Waals surface area contributed by atoms with Crippen molar-refractivity contribution in [2.24, 2.45) is 0 Å². The number of nitrogens with zero attached hydrogens (tertiary/aromatic N) is 2. The van der Waals surface area contributed by atoms with Crippen LogP contribution in [0.4, 0.5) is 0 Å². The van der Waals surface area contributed by atoms with Gasteiger partial charge in [0.05, 0.1) is 11.1 Å². The number of para-hydroxylation sites is 1. The molecule has 5 rings (SSSR count). The van der Waals surface area contributed by atoms with Gasteiger partial charge in [-0.25, -0.2) is 0 Å². The average molecular weight is 359 g/mol. The minimum atomic E-state index is -0.349. The zero-order valence-corrected chi connectivity index (χ0v) is 15.5. The van der Waals surface area contributed by atoms with Gasteiger partial charge in [-0.2, -0.15) is 0 Å². The van der Waals surface area contributed by atoms with Crippen molar-refractivity contribution in [2.45, 2.75) is 24.8 Å². The van der Waals surface area contributed by atoms with Crippen LogP contribution >= 0.6 is 0 Å². The van der Waals surface area contributed by atoms with E-state index in [2.05, 4.69) is 63.4 Å². The number of hydrogen-bond donors (Lipinski definition) is 1. The molecule has 1 atom stereocenters. The van der Waals surface area contributed by atoms with E-state index >= 15 is 0 Å². The summed E-state index contributed by atoms with van der Waals surface area (Å²) < 4.78 is 2.18. The summed E-state index contributed by atoms with van der Waals surface area (Å²) in [5, 5.41) is 4.65. The topological polar surface area (TPSA) is 37.3 Å². The van der Waals surface area contributed by atoms with E-state index in [0.717, 1.165) is 43.9 Å². The molecule has 0 saturated carbocycles. The largest absolute Gasteiger partial charge is 0.317 e. The average Bonchev–Trinajstić information content (AvgIpc) is 3.48. The molecule has 3 aromatic rings. The number of ketones is 1. The zero-order chi connectivity index (χ0) is 18.3. The molecule has 138 valence electrons. The highest BCUT2D eigenvalue weighted by Crippen LogP contribution is 2.31. The van der Waals surface area contributed by atoms with Gasteiger partial charge in [-0.1, -0.05) is 18.2 Å². The molecule has 1 aromatic heterocycles. The molecule has 2 fully saturated rings. The smallest absolute Gasteiger partial charge is 0.184 e. The van der Waals surface area contributed by atoms with E-state index in [1.54, 1.807) is 0 Å². The predicted molar refractivity (Wildman–Crippen MR) is 109 cm³/mol. The number of Topliss-reactive ketones (excluding diaryl/α,β-unsaturated/α-hetero) is 1. The highest BCUT2D eigenvalue weighted by atomic mass is 16.1. The van der Waals surface area contributed by atoms with E-state index in [0.29, 0.717) is 0 Å². The lowest BCUT2D eigenvalue weighted by molar-refractivity contribution is 0.0661. The van der Waals surface area contributed by atoms with E-state index in [1.807, 2.05) is 12.1 Å². The molecule has 4 nitrogen and oxygen atoms in total. The second-order valence-electron chi connectivity index (χ2n) is 7.77. The lowest BCUT2D eigenvalue weighted by Gasteiger charge is -2.36. The summed E-state index contributed by atoms with van der Waals surface area (Å²) in [5.41, 5.74) is 2.75. The van der Waals surface area contributed by atoms with Crippen molar-refractivity contribution in [3.63, 3.8) is 0 Å². The van der Waals surface area contributed by atoms with Crippen LogP contribution in [0.1, 0.15) is 29.6 Å². The molecule has 2 aliphatic heterocycles. The van der Waals surface area contributed by atoms with Crippen LogP contribution in [0.25, 0.3) is 16.6 Å². The van der Waals surface area contributed by atoms with Gasteiger partial charge in [0.2, 0.25) is 0 Å². The Balaban J connectivity index is 1.47. The molecule has 0 spiro atoms. The van der Waals surface area contributed by atoms with Gasteiger partial charge in [0.25, 0.3) is 0 Å². The fourth-order valence-corrected chi connectivity index (χ4v) is 4.78. The van der Waals surface area contributed by atoms with Crippen LogP contribution in [0.2, 0.25) is 0 Å². The molecule has 3 heterocycles. The van der Waals surface area contributed by atoms with Crippen LogP contribution in [0.3, 0.4) is 0 Å². The first-order valence-corrected chi connectivity index (χ1v) is 9.95. The Morgan fingerprint density at radius 2 is 1.74 bits per heavy atom. The van der Waals surface area contributed by atoms with E-state index in [4.69, 9.17) is 0 Å². The lowest BCUT2D eigenvalue weighted by atomic mass is 9.86. The van der Waals surface area contributed by atoms with Crippen LogP contribution in [0, 0.1) is 0 Å². The summed E-state index contributed by atoms with van der Waals surface area (Å²) in [6.45, 7) is 3.78. The van der Waals surface area contributed by atoms with Crippen molar-refractivity contribution < 1.29 is 4.79 Å². The fourth-order valence-electron chi connectivity index (χ4n) is 4.78. The highest BCUT2D eigenvalue weighted by molar-refractivity contribution is 6.04. The molecule has 0 radical (unpaired) electrons. The molecule has 2 saturated heterocycles. The third-order valence-electron chi connectivity index (χ3n) is 6.27. The normalized spacial score (nSPS) is 23.3. The van der Waals surface area contributed by atoms with Gasteiger partial charge in [-0.05, 0) is 80.7 Å². The second-order valence-corrected chi connectivity index (χ2v) is 7.77. The first-order chi connectivity index (χ1) is 13.3. The van der Waals surface area contributed by atoms with Gasteiger partial charge < -0.3 is 9.88 Å². The number of rotatable bonds is 4. The summed E-state index contributed by atoms with van der Waals surface area (Å²) in [4.78, 5) is 15.9. The van der Waals surface area contributed by atoms with Crippen molar-refractivity contribution >= 4 is 16.7 Å². The van der Waals surface area contributed by atoms with Gasteiger partial charge in [-0.3, -0.25) is 9.69 Å².